The molecule has 2 aliphatic carbocycles. The molecule has 22 heavy (non-hydrogen) atoms. The second kappa shape index (κ2) is 6.13. The van der Waals surface area contributed by atoms with E-state index in [-0.39, 0.29) is 0 Å². The lowest BCUT2D eigenvalue weighted by atomic mass is 9.82. The number of hydrogen-bond donors (Lipinski definition) is 1. The van der Waals surface area contributed by atoms with E-state index < -0.39 is 0 Å². The predicted octanol–water partition coefficient (Wildman–Crippen LogP) is 4.72. The Hall–Kier alpha value is -1.19. The third kappa shape index (κ3) is 2.97. The quantitative estimate of drug-likeness (QED) is 0.883. The molecular weight excluding hydrogens is 288 g/mol. The van der Waals surface area contributed by atoms with Gasteiger partial charge in [0, 0.05) is 18.8 Å². The van der Waals surface area contributed by atoms with Crippen LogP contribution in [0, 0.1) is 17.8 Å². The minimum atomic E-state index is 0.729. The van der Waals surface area contributed by atoms with Gasteiger partial charge in [0.25, 0.3) is 0 Å². The molecule has 2 nitrogen and oxygen atoms in total. The summed E-state index contributed by atoms with van der Waals surface area (Å²) in [6.07, 6.45) is 7.74. The number of pyridine rings is 1. The molecule has 2 fully saturated rings. The Morgan fingerprint density at radius 2 is 2.14 bits per heavy atom. The highest BCUT2D eigenvalue weighted by molar-refractivity contribution is 7.13. The zero-order valence-corrected chi connectivity index (χ0v) is 14.0. The van der Waals surface area contributed by atoms with Crippen molar-refractivity contribution in [3.05, 3.63) is 41.4 Å². The Balaban J connectivity index is 1.36. The summed E-state index contributed by atoms with van der Waals surface area (Å²) in [7, 11) is 0. The second-order valence-corrected chi connectivity index (χ2v) is 8.14. The molecule has 0 radical (unpaired) electrons. The molecule has 116 valence electrons. The lowest BCUT2D eigenvalue weighted by molar-refractivity contribution is 0.264. The van der Waals surface area contributed by atoms with Gasteiger partial charge in [0.15, 0.2) is 0 Å². The van der Waals surface area contributed by atoms with E-state index in [0.717, 1.165) is 36.0 Å². The van der Waals surface area contributed by atoms with E-state index in [1.54, 1.807) is 11.3 Å². The molecule has 2 saturated carbocycles. The van der Waals surface area contributed by atoms with Crippen LogP contribution in [0.25, 0.3) is 10.6 Å². The molecule has 0 spiro atoms. The van der Waals surface area contributed by atoms with Gasteiger partial charge in [-0.15, -0.1) is 11.3 Å². The van der Waals surface area contributed by atoms with Gasteiger partial charge in [0.1, 0.15) is 0 Å². The van der Waals surface area contributed by atoms with Crippen molar-refractivity contribution in [3.8, 4) is 10.6 Å². The number of aromatic nitrogens is 1. The Morgan fingerprint density at radius 1 is 1.18 bits per heavy atom. The summed E-state index contributed by atoms with van der Waals surface area (Å²) in [5.41, 5.74) is 2.39. The van der Waals surface area contributed by atoms with Crippen molar-refractivity contribution in [2.75, 3.05) is 0 Å². The van der Waals surface area contributed by atoms with Crippen LogP contribution in [0.4, 0.5) is 0 Å². The summed E-state index contributed by atoms with van der Waals surface area (Å²) >= 11 is 1.75. The van der Waals surface area contributed by atoms with Gasteiger partial charge in [0.2, 0.25) is 0 Å². The van der Waals surface area contributed by atoms with Crippen LogP contribution in [0.15, 0.2) is 35.8 Å². The average Bonchev–Trinajstić information content (AvgIpc) is 3.14. The zero-order valence-electron chi connectivity index (χ0n) is 13.2. The van der Waals surface area contributed by atoms with Crippen LogP contribution >= 0.6 is 11.3 Å². The number of nitrogens with one attached hydrogen (secondary N) is 1. The molecule has 0 saturated heterocycles. The van der Waals surface area contributed by atoms with E-state index in [1.165, 1.54) is 36.1 Å². The van der Waals surface area contributed by atoms with E-state index in [1.807, 2.05) is 6.20 Å². The molecule has 4 rings (SSSR count). The fraction of sp³-hybridized carbons (Fsp3) is 0.526. The molecule has 2 bridgehead atoms. The monoisotopic (exact) mass is 312 g/mol. The van der Waals surface area contributed by atoms with Crippen molar-refractivity contribution >= 4 is 11.3 Å². The maximum absolute atomic E-state index is 4.62. The van der Waals surface area contributed by atoms with Crippen LogP contribution in [0.2, 0.25) is 0 Å². The number of thiophene rings is 1. The summed E-state index contributed by atoms with van der Waals surface area (Å²) in [5, 5.41) is 5.91. The first-order valence-electron chi connectivity index (χ1n) is 8.50. The fourth-order valence-electron chi connectivity index (χ4n) is 4.47. The van der Waals surface area contributed by atoms with E-state index in [2.05, 4.69) is 46.9 Å². The predicted molar refractivity (Wildman–Crippen MR) is 92.8 cm³/mol. The van der Waals surface area contributed by atoms with Crippen LogP contribution in [0.1, 0.15) is 38.2 Å². The molecule has 0 aliphatic heterocycles. The second-order valence-electron chi connectivity index (χ2n) is 7.19. The van der Waals surface area contributed by atoms with Crippen molar-refractivity contribution in [1.29, 1.82) is 0 Å². The maximum atomic E-state index is 4.62. The van der Waals surface area contributed by atoms with Crippen molar-refractivity contribution in [3.63, 3.8) is 0 Å². The van der Waals surface area contributed by atoms with E-state index in [0.29, 0.717) is 0 Å². The fourth-order valence-corrected chi connectivity index (χ4v) is 5.18. The molecule has 2 aromatic heterocycles. The highest BCUT2D eigenvalue weighted by atomic mass is 32.1. The van der Waals surface area contributed by atoms with Gasteiger partial charge in [-0.2, -0.15) is 0 Å². The third-order valence-electron chi connectivity index (χ3n) is 5.40. The minimum absolute atomic E-state index is 0.729. The van der Waals surface area contributed by atoms with Gasteiger partial charge in [-0.05, 0) is 66.5 Å². The Labute approximate surface area is 137 Å². The van der Waals surface area contributed by atoms with Crippen LogP contribution in [-0.4, -0.2) is 11.0 Å². The van der Waals surface area contributed by atoms with Gasteiger partial charge < -0.3 is 5.32 Å². The summed E-state index contributed by atoms with van der Waals surface area (Å²) in [6.45, 7) is 3.38. The first-order valence-corrected chi connectivity index (χ1v) is 9.38. The molecule has 4 unspecified atom stereocenters. The molecule has 0 aromatic carbocycles. The van der Waals surface area contributed by atoms with Crippen molar-refractivity contribution in [2.24, 2.45) is 17.8 Å². The van der Waals surface area contributed by atoms with Gasteiger partial charge in [-0.3, -0.25) is 4.98 Å². The van der Waals surface area contributed by atoms with Gasteiger partial charge in [-0.1, -0.05) is 19.1 Å². The van der Waals surface area contributed by atoms with Crippen molar-refractivity contribution in [2.45, 2.75) is 45.2 Å². The van der Waals surface area contributed by atoms with Crippen LogP contribution in [0.5, 0.6) is 0 Å². The normalized spacial score (nSPS) is 30.6. The molecule has 2 heterocycles. The SMILES string of the molecule is CC1CC2CC(C1)C(NCc1ccc(-c3cccs3)nc1)C2. The zero-order chi connectivity index (χ0) is 14.9. The highest BCUT2D eigenvalue weighted by Crippen LogP contribution is 2.44. The molecule has 2 aliphatic rings. The first kappa shape index (κ1) is 14.4. The standard InChI is InChI=1S/C19H24N2S/c1-13-7-15-9-16(8-13)18(10-15)21-12-14-4-5-17(20-11-14)19-3-2-6-22-19/h2-6,11,13,15-16,18,21H,7-10,12H2,1H3. The van der Waals surface area contributed by atoms with Gasteiger partial charge in [0.05, 0.1) is 10.6 Å². The van der Waals surface area contributed by atoms with Crippen molar-refractivity contribution in [1.82, 2.24) is 10.3 Å². The summed E-state index contributed by atoms with van der Waals surface area (Å²) < 4.78 is 0. The minimum Gasteiger partial charge on any atom is -0.310 e. The summed E-state index contributed by atoms with van der Waals surface area (Å²) in [6, 6.07) is 9.31. The molecule has 1 N–H and O–H groups in total. The molecule has 4 atom stereocenters. The number of fused-ring (bicyclic) bond motifs is 2. The molecular formula is C19H24N2S. The smallest absolute Gasteiger partial charge is 0.0801 e. The maximum Gasteiger partial charge on any atom is 0.0801 e. The third-order valence-corrected chi connectivity index (χ3v) is 6.29. The lowest BCUT2D eigenvalue weighted by Crippen LogP contribution is -2.32. The topological polar surface area (TPSA) is 24.9 Å². The summed E-state index contributed by atoms with van der Waals surface area (Å²) in [4.78, 5) is 5.86. The molecule has 0 amide bonds. The number of nitrogens with zero attached hydrogens (tertiary/aromatic N) is 1. The van der Waals surface area contributed by atoms with E-state index >= 15 is 0 Å². The van der Waals surface area contributed by atoms with Crippen LogP contribution < -0.4 is 5.32 Å². The number of hydrogen-bond acceptors (Lipinski definition) is 3. The lowest BCUT2D eigenvalue weighted by Gasteiger charge is -2.26. The largest absolute Gasteiger partial charge is 0.310 e. The number of rotatable bonds is 4. The molecule has 2 aromatic rings. The van der Waals surface area contributed by atoms with E-state index in [9.17, 15) is 0 Å². The van der Waals surface area contributed by atoms with Crippen LogP contribution in [-0.2, 0) is 6.54 Å². The molecule has 3 heteroatoms. The van der Waals surface area contributed by atoms with Crippen molar-refractivity contribution < 1.29 is 0 Å². The highest BCUT2D eigenvalue weighted by Gasteiger charge is 2.39. The van der Waals surface area contributed by atoms with Crippen LogP contribution in [0.3, 0.4) is 0 Å². The average molecular weight is 312 g/mol. The van der Waals surface area contributed by atoms with Gasteiger partial charge in [-0.25, -0.2) is 0 Å². The van der Waals surface area contributed by atoms with Gasteiger partial charge >= 0.3 is 0 Å². The Bertz CT molecular complexity index is 605. The Morgan fingerprint density at radius 3 is 2.91 bits per heavy atom. The Kier molecular flexibility index (Phi) is 4.01. The van der Waals surface area contributed by atoms with E-state index in [4.69, 9.17) is 0 Å². The first-order chi connectivity index (χ1) is 10.8. The summed E-state index contributed by atoms with van der Waals surface area (Å²) in [5.74, 6) is 2.82.